The van der Waals surface area contributed by atoms with Gasteiger partial charge in [-0.1, -0.05) is 13.8 Å². The minimum absolute atomic E-state index is 0.290. The Kier molecular flexibility index (Phi) is 3.68. The molecule has 0 aliphatic carbocycles. The maximum absolute atomic E-state index is 11.0. The van der Waals surface area contributed by atoms with Crippen molar-refractivity contribution >= 4 is 17.0 Å². The molecule has 1 aliphatic rings. The highest BCUT2D eigenvalue weighted by Crippen LogP contribution is 2.22. The van der Waals surface area contributed by atoms with Gasteiger partial charge in [0.15, 0.2) is 0 Å². The van der Waals surface area contributed by atoms with Gasteiger partial charge in [-0.15, -0.1) is 0 Å². The van der Waals surface area contributed by atoms with Crippen molar-refractivity contribution in [3.05, 3.63) is 29.6 Å². The first kappa shape index (κ1) is 14.1. The van der Waals surface area contributed by atoms with Gasteiger partial charge in [-0.05, 0) is 36.5 Å². The van der Waals surface area contributed by atoms with Crippen LogP contribution in [0, 0.1) is 11.8 Å². The fraction of sp³-hybridized carbons (Fsp3) is 0.500. The highest BCUT2D eigenvalue weighted by atomic mass is 16.4. The molecule has 0 amide bonds. The van der Waals surface area contributed by atoms with Gasteiger partial charge in [0.05, 0.1) is 23.1 Å². The summed E-state index contributed by atoms with van der Waals surface area (Å²) in [7, 11) is 0. The van der Waals surface area contributed by atoms with Gasteiger partial charge in [0.2, 0.25) is 0 Å². The van der Waals surface area contributed by atoms with Crippen molar-refractivity contribution < 1.29 is 9.90 Å². The van der Waals surface area contributed by atoms with E-state index in [9.17, 15) is 4.79 Å². The van der Waals surface area contributed by atoms with Crippen LogP contribution in [0.5, 0.6) is 0 Å². The molecule has 2 atom stereocenters. The average Bonchev–Trinajstić information content (AvgIpc) is 2.78. The van der Waals surface area contributed by atoms with Gasteiger partial charge >= 0.3 is 5.97 Å². The summed E-state index contributed by atoms with van der Waals surface area (Å²) in [5, 5.41) is 9.03. The van der Waals surface area contributed by atoms with Gasteiger partial charge in [0.1, 0.15) is 5.82 Å². The quantitative estimate of drug-likeness (QED) is 0.910. The number of fused-ring (bicyclic) bond motifs is 1. The van der Waals surface area contributed by atoms with Gasteiger partial charge in [-0.25, -0.2) is 9.78 Å². The molecule has 2 aromatic rings. The van der Waals surface area contributed by atoms with Crippen molar-refractivity contribution in [3.63, 3.8) is 0 Å². The number of imidazole rings is 1. The smallest absolute Gasteiger partial charge is 0.335 e. The van der Waals surface area contributed by atoms with Crippen molar-refractivity contribution in [2.75, 3.05) is 13.1 Å². The number of aromatic nitrogens is 2. The molecule has 5 nitrogen and oxygen atoms in total. The van der Waals surface area contributed by atoms with E-state index in [1.54, 1.807) is 18.2 Å². The Bertz CT molecular complexity index is 655. The summed E-state index contributed by atoms with van der Waals surface area (Å²) < 4.78 is 0. The second-order valence-corrected chi connectivity index (χ2v) is 6.36. The third-order valence-electron chi connectivity index (χ3n) is 4.10. The van der Waals surface area contributed by atoms with Crippen LogP contribution in [0.25, 0.3) is 11.0 Å². The lowest BCUT2D eigenvalue weighted by Gasteiger charge is -2.34. The SMILES string of the molecule is CC1CC(C)CN(Cc2nc3ccc(C(=O)O)cc3[nH]2)C1. The molecule has 1 aromatic carbocycles. The minimum atomic E-state index is -0.910. The molecule has 0 bridgehead atoms. The molecule has 2 N–H and O–H groups in total. The predicted molar refractivity (Wildman–Crippen MR) is 81.3 cm³/mol. The van der Waals surface area contributed by atoms with E-state index in [2.05, 4.69) is 28.7 Å². The molecule has 0 radical (unpaired) electrons. The number of benzene rings is 1. The van der Waals surface area contributed by atoms with Gasteiger partial charge in [-0.3, -0.25) is 4.90 Å². The Hall–Kier alpha value is -1.88. The molecule has 3 rings (SSSR count). The molecule has 5 heteroatoms. The lowest BCUT2D eigenvalue weighted by molar-refractivity contribution is 0.0697. The highest BCUT2D eigenvalue weighted by molar-refractivity contribution is 5.92. The van der Waals surface area contributed by atoms with Gasteiger partial charge in [0, 0.05) is 13.1 Å². The Morgan fingerprint density at radius 2 is 2.10 bits per heavy atom. The Morgan fingerprint density at radius 3 is 2.76 bits per heavy atom. The van der Waals surface area contributed by atoms with Crippen molar-refractivity contribution in [3.8, 4) is 0 Å². The Morgan fingerprint density at radius 1 is 1.38 bits per heavy atom. The number of aromatic amines is 1. The van der Waals surface area contributed by atoms with Crippen LogP contribution in [0.2, 0.25) is 0 Å². The number of piperidine rings is 1. The van der Waals surface area contributed by atoms with Gasteiger partial charge < -0.3 is 10.1 Å². The van der Waals surface area contributed by atoms with Crippen molar-refractivity contribution in [1.82, 2.24) is 14.9 Å². The Labute approximate surface area is 124 Å². The summed E-state index contributed by atoms with van der Waals surface area (Å²) in [4.78, 5) is 21.2. The molecule has 2 unspecified atom stereocenters. The number of nitrogens with one attached hydrogen (secondary N) is 1. The lowest BCUT2D eigenvalue weighted by atomic mass is 9.92. The second kappa shape index (κ2) is 5.48. The number of aromatic carboxylic acids is 1. The molecule has 112 valence electrons. The fourth-order valence-corrected chi connectivity index (χ4v) is 3.40. The summed E-state index contributed by atoms with van der Waals surface area (Å²) >= 11 is 0. The van der Waals surface area contributed by atoms with Crippen LogP contribution in [0.4, 0.5) is 0 Å². The number of rotatable bonds is 3. The van der Waals surface area contributed by atoms with Crippen LogP contribution in [0.3, 0.4) is 0 Å². The first-order valence-electron chi connectivity index (χ1n) is 7.45. The summed E-state index contributed by atoms with van der Waals surface area (Å²) in [6, 6.07) is 5.01. The third-order valence-corrected chi connectivity index (χ3v) is 4.10. The van der Waals surface area contributed by atoms with Crippen LogP contribution >= 0.6 is 0 Å². The van der Waals surface area contributed by atoms with E-state index in [0.717, 1.165) is 48.3 Å². The highest BCUT2D eigenvalue weighted by Gasteiger charge is 2.22. The topological polar surface area (TPSA) is 69.2 Å². The number of carboxylic acid groups (broad SMARTS) is 1. The van der Waals surface area contributed by atoms with Gasteiger partial charge in [0.25, 0.3) is 0 Å². The van der Waals surface area contributed by atoms with Crippen LogP contribution in [0.15, 0.2) is 18.2 Å². The molecular formula is C16H21N3O2. The Balaban J connectivity index is 1.79. The molecule has 21 heavy (non-hydrogen) atoms. The fourth-order valence-electron chi connectivity index (χ4n) is 3.40. The van der Waals surface area contributed by atoms with Crippen LogP contribution in [-0.4, -0.2) is 39.0 Å². The second-order valence-electron chi connectivity index (χ2n) is 6.36. The molecule has 1 aromatic heterocycles. The lowest BCUT2D eigenvalue weighted by Crippen LogP contribution is -2.38. The summed E-state index contributed by atoms with van der Waals surface area (Å²) in [6.45, 7) is 7.58. The summed E-state index contributed by atoms with van der Waals surface area (Å²) in [5.41, 5.74) is 1.91. The molecule has 1 fully saturated rings. The first-order valence-corrected chi connectivity index (χ1v) is 7.45. The van der Waals surface area contributed by atoms with Crippen molar-refractivity contribution in [1.29, 1.82) is 0 Å². The number of carboxylic acids is 1. The third kappa shape index (κ3) is 3.08. The standard InChI is InChI=1S/C16H21N3O2/c1-10-5-11(2)8-19(7-10)9-15-17-13-4-3-12(16(20)21)6-14(13)18-15/h3-4,6,10-11H,5,7-9H2,1-2H3,(H,17,18)(H,20,21). The van der Waals surface area contributed by atoms with E-state index in [-0.39, 0.29) is 5.56 Å². The number of H-pyrrole nitrogens is 1. The maximum Gasteiger partial charge on any atom is 0.335 e. The van der Waals surface area contributed by atoms with Crippen LogP contribution < -0.4 is 0 Å². The van der Waals surface area contributed by atoms with E-state index in [0.29, 0.717) is 0 Å². The molecule has 0 saturated carbocycles. The number of carbonyl (C=O) groups is 1. The van der Waals surface area contributed by atoms with E-state index < -0.39 is 5.97 Å². The first-order chi connectivity index (χ1) is 10.0. The summed E-state index contributed by atoms with van der Waals surface area (Å²) in [5.74, 6) is 1.44. The zero-order valence-electron chi connectivity index (χ0n) is 12.5. The number of likely N-dealkylation sites (tertiary alicyclic amines) is 1. The summed E-state index contributed by atoms with van der Waals surface area (Å²) in [6.07, 6.45) is 1.29. The van der Waals surface area contributed by atoms with E-state index in [1.165, 1.54) is 6.42 Å². The normalized spacial score (nSPS) is 23.5. The van der Waals surface area contributed by atoms with Crippen LogP contribution in [0.1, 0.15) is 36.5 Å². The molecule has 1 aliphatic heterocycles. The predicted octanol–water partition coefficient (Wildman–Crippen LogP) is 2.74. The van der Waals surface area contributed by atoms with Crippen molar-refractivity contribution in [2.45, 2.75) is 26.8 Å². The van der Waals surface area contributed by atoms with Gasteiger partial charge in [-0.2, -0.15) is 0 Å². The van der Waals surface area contributed by atoms with Crippen LogP contribution in [-0.2, 0) is 6.54 Å². The monoisotopic (exact) mass is 287 g/mol. The number of hydrogen-bond acceptors (Lipinski definition) is 3. The zero-order valence-corrected chi connectivity index (χ0v) is 12.5. The molecule has 0 spiro atoms. The zero-order chi connectivity index (χ0) is 15.0. The minimum Gasteiger partial charge on any atom is -0.478 e. The largest absolute Gasteiger partial charge is 0.478 e. The average molecular weight is 287 g/mol. The molecule has 1 saturated heterocycles. The molecule has 2 heterocycles. The number of hydrogen-bond donors (Lipinski definition) is 2. The van der Waals surface area contributed by atoms with E-state index in [1.807, 2.05) is 0 Å². The maximum atomic E-state index is 11.0. The van der Waals surface area contributed by atoms with E-state index >= 15 is 0 Å². The van der Waals surface area contributed by atoms with E-state index in [4.69, 9.17) is 5.11 Å². The molecular weight excluding hydrogens is 266 g/mol. The number of nitrogens with zero attached hydrogens (tertiary/aromatic N) is 2. The van der Waals surface area contributed by atoms with Crippen molar-refractivity contribution in [2.24, 2.45) is 11.8 Å².